The van der Waals surface area contributed by atoms with Crippen LogP contribution in [-0.4, -0.2) is 19.2 Å². The second-order valence-electron chi connectivity index (χ2n) is 5.03. The van der Waals surface area contributed by atoms with Crippen LogP contribution in [0.5, 0.6) is 11.5 Å². The van der Waals surface area contributed by atoms with Crippen LogP contribution in [0.2, 0.25) is 0 Å². The largest absolute Gasteiger partial charge is 0.493 e. The van der Waals surface area contributed by atoms with Crippen molar-refractivity contribution in [2.45, 2.75) is 0 Å². The lowest BCUT2D eigenvalue weighted by molar-refractivity contribution is 0.355. The summed E-state index contributed by atoms with van der Waals surface area (Å²) in [7, 11) is 3.19. The quantitative estimate of drug-likeness (QED) is 0.733. The average Bonchev–Trinajstić information content (AvgIpc) is 3.03. The summed E-state index contributed by atoms with van der Waals surface area (Å²) in [5, 5.41) is 10.6. The van der Waals surface area contributed by atoms with Gasteiger partial charge in [0.2, 0.25) is 0 Å². The van der Waals surface area contributed by atoms with Crippen LogP contribution >= 0.6 is 0 Å². The van der Waals surface area contributed by atoms with Gasteiger partial charge in [-0.05, 0) is 29.8 Å². The molecule has 0 spiro atoms. The van der Waals surface area contributed by atoms with E-state index in [0.29, 0.717) is 17.1 Å². The molecule has 0 unspecified atom stereocenters. The Bertz CT molecular complexity index is 917. The lowest BCUT2D eigenvalue weighted by Crippen LogP contribution is -1.90. The number of para-hydroxylation sites is 1. The molecule has 0 amide bonds. The molecule has 3 aromatic rings. The van der Waals surface area contributed by atoms with Crippen molar-refractivity contribution >= 4 is 22.6 Å². The van der Waals surface area contributed by atoms with Crippen molar-refractivity contribution in [1.82, 2.24) is 4.98 Å². The third kappa shape index (κ3) is 2.77. The Morgan fingerprint density at radius 1 is 1.09 bits per heavy atom. The number of hydrogen-bond donors (Lipinski definition) is 1. The Hall–Kier alpha value is -3.19. The number of benzene rings is 2. The van der Waals surface area contributed by atoms with Crippen molar-refractivity contribution in [3.63, 3.8) is 0 Å². The zero-order chi connectivity index (χ0) is 16.2. The molecular weight excluding hydrogens is 288 g/mol. The first-order valence-electron chi connectivity index (χ1n) is 7.17. The summed E-state index contributed by atoms with van der Waals surface area (Å²) in [6, 6.07) is 15.8. The molecule has 0 aliphatic carbocycles. The average molecular weight is 304 g/mol. The molecule has 0 fully saturated rings. The first-order chi connectivity index (χ1) is 11.3. The van der Waals surface area contributed by atoms with Crippen LogP contribution in [0.1, 0.15) is 11.1 Å². The molecule has 0 saturated carbocycles. The Balaban J connectivity index is 2.08. The number of rotatable bonds is 4. The van der Waals surface area contributed by atoms with Crippen molar-refractivity contribution in [2.75, 3.05) is 14.2 Å². The number of nitrogens with one attached hydrogen (secondary N) is 1. The molecule has 0 atom stereocenters. The van der Waals surface area contributed by atoms with Gasteiger partial charge in [0.15, 0.2) is 11.5 Å². The van der Waals surface area contributed by atoms with Crippen LogP contribution in [0.25, 0.3) is 22.6 Å². The summed E-state index contributed by atoms with van der Waals surface area (Å²) < 4.78 is 10.5. The predicted molar refractivity (Wildman–Crippen MR) is 91.3 cm³/mol. The van der Waals surface area contributed by atoms with Crippen LogP contribution in [0.3, 0.4) is 0 Å². The third-order valence-corrected chi connectivity index (χ3v) is 3.72. The number of nitriles is 1. The van der Waals surface area contributed by atoms with E-state index < -0.39 is 0 Å². The number of allylic oxidation sites excluding steroid dienone is 1. The molecule has 4 nitrogen and oxygen atoms in total. The molecule has 1 heterocycles. The highest BCUT2D eigenvalue weighted by atomic mass is 16.5. The van der Waals surface area contributed by atoms with Crippen LogP contribution < -0.4 is 9.47 Å². The van der Waals surface area contributed by atoms with Gasteiger partial charge in [0.05, 0.1) is 25.9 Å². The number of nitrogens with zero attached hydrogens (tertiary/aromatic N) is 1. The monoisotopic (exact) mass is 304 g/mol. The molecule has 0 bridgehead atoms. The lowest BCUT2D eigenvalue weighted by atomic mass is 10.0. The summed E-state index contributed by atoms with van der Waals surface area (Å²) in [4.78, 5) is 3.19. The van der Waals surface area contributed by atoms with Crippen LogP contribution in [0, 0.1) is 11.3 Å². The Morgan fingerprint density at radius 3 is 2.61 bits per heavy atom. The SMILES string of the molecule is COc1ccc(/C=C(/C#N)c2c[nH]c3ccccc23)cc1OC. The van der Waals surface area contributed by atoms with E-state index in [-0.39, 0.29) is 0 Å². The third-order valence-electron chi connectivity index (χ3n) is 3.72. The molecule has 4 heteroatoms. The number of methoxy groups -OCH3 is 2. The Morgan fingerprint density at radius 2 is 1.87 bits per heavy atom. The minimum Gasteiger partial charge on any atom is -0.493 e. The van der Waals surface area contributed by atoms with E-state index in [1.165, 1.54) is 0 Å². The molecule has 0 radical (unpaired) electrons. The first kappa shape index (κ1) is 14.7. The molecule has 3 rings (SSSR count). The van der Waals surface area contributed by atoms with E-state index in [9.17, 15) is 5.26 Å². The topological polar surface area (TPSA) is 58.0 Å². The van der Waals surface area contributed by atoms with Gasteiger partial charge >= 0.3 is 0 Å². The van der Waals surface area contributed by atoms with Crippen molar-refractivity contribution < 1.29 is 9.47 Å². The molecule has 1 N–H and O–H groups in total. The van der Waals surface area contributed by atoms with Gasteiger partial charge in [-0.15, -0.1) is 0 Å². The van der Waals surface area contributed by atoms with Gasteiger partial charge < -0.3 is 14.5 Å². The van der Waals surface area contributed by atoms with Gasteiger partial charge in [0, 0.05) is 22.7 Å². The molecule has 23 heavy (non-hydrogen) atoms. The second-order valence-corrected chi connectivity index (χ2v) is 5.03. The number of fused-ring (bicyclic) bond motifs is 1. The van der Waals surface area contributed by atoms with E-state index in [2.05, 4.69) is 11.1 Å². The van der Waals surface area contributed by atoms with Gasteiger partial charge in [-0.25, -0.2) is 0 Å². The van der Waals surface area contributed by atoms with Gasteiger partial charge in [0.25, 0.3) is 0 Å². The molecule has 114 valence electrons. The molecule has 2 aromatic carbocycles. The van der Waals surface area contributed by atoms with E-state index in [0.717, 1.165) is 22.0 Å². The number of H-pyrrole nitrogens is 1. The fourth-order valence-corrected chi connectivity index (χ4v) is 2.57. The maximum atomic E-state index is 9.56. The van der Waals surface area contributed by atoms with Crippen molar-refractivity contribution in [3.8, 4) is 17.6 Å². The van der Waals surface area contributed by atoms with E-state index >= 15 is 0 Å². The first-order valence-corrected chi connectivity index (χ1v) is 7.17. The smallest absolute Gasteiger partial charge is 0.161 e. The maximum Gasteiger partial charge on any atom is 0.161 e. The van der Waals surface area contributed by atoms with Crippen LogP contribution in [-0.2, 0) is 0 Å². The normalized spacial score (nSPS) is 11.3. The highest BCUT2D eigenvalue weighted by Gasteiger charge is 2.09. The van der Waals surface area contributed by atoms with Gasteiger partial charge in [-0.2, -0.15) is 5.26 Å². The molecule has 0 saturated heterocycles. The lowest BCUT2D eigenvalue weighted by Gasteiger charge is -2.08. The van der Waals surface area contributed by atoms with Crippen molar-refractivity contribution in [3.05, 3.63) is 59.8 Å². The number of aromatic nitrogens is 1. The van der Waals surface area contributed by atoms with E-state index in [4.69, 9.17) is 9.47 Å². The minimum atomic E-state index is 0.592. The van der Waals surface area contributed by atoms with Crippen LogP contribution in [0.15, 0.2) is 48.7 Å². The predicted octanol–water partition coefficient (Wildman–Crippen LogP) is 4.25. The summed E-state index contributed by atoms with van der Waals surface area (Å²) in [5.41, 5.74) is 3.37. The molecule has 0 aliphatic heterocycles. The van der Waals surface area contributed by atoms with E-state index in [1.54, 1.807) is 14.2 Å². The van der Waals surface area contributed by atoms with Gasteiger partial charge in [-0.1, -0.05) is 24.3 Å². The minimum absolute atomic E-state index is 0.592. The van der Waals surface area contributed by atoms with Crippen molar-refractivity contribution in [1.29, 1.82) is 5.26 Å². The molecule has 1 aromatic heterocycles. The maximum absolute atomic E-state index is 9.56. The number of hydrogen-bond acceptors (Lipinski definition) is 3. The van der Waals surface area contributed by atoms with Gasteiger partial charge in [0.1, 0.15) is 0 Å². The highest BCUT2D eigenvalue weighted by Crippen LogP contribution is 2.30. The molecule has 0 aliphatic rings. The summed E-state index contributed by atoms with van der Waals surface area (Å²) >= 11 is 0. The Kier molecular flexibility index (Phi) is 4.03. The zero-order valence-corrected chi connectivity index (χ0v) is 13.0. The number of aromatic amines is 1. The summed E-state index contributed by atoms with van der Waals surface area (Å²) in [6.45, 7) is 0. The van der Waals surface area contributed by atoms with Crippen molar-refractivity contribution in [2.24, 2.45) is 0 Å². The summed E-state index contributed by atoms with van der Waals surface area (Å²) in [6.07, 6.45) is 3.71. The number of ether oxygens (including phenoxy) is 2. The second kappa shape index (κ2) is 6.29. The van der Waals surface area contributed by atoms with Gasteiger partial charge in [-0.3, -0.25) is 0 Å². The summed E-state index contributed by atoms with van der Waals surface area (Å²) in [5.74, 6) is 1.30. The standard InChI is InChI=1S/C19H16N2O2/c1-22-18-8-7-13(10-19(18)23-2)9-14(11-20)16-12-21-17-6-4-3-5-15(16)17/h3-10,12,21H,1-2H3/b14-9-. The van der Waals surface area contributed by atoms with Crippen LogP contribution in [0.4, 0.5) is 0 Å². The fraction of sp³-hybridized carbons (Fsp3) is 0.105. The zero-order valence-electron chi connectivity index (χ0n) is 13.0. The van der Waals surface area contributed by atoms with E-state index in [1.807, 2.05) is 54.7 Å². The Labute approximate surface area is 134 Å². The highest BCUT2D eigenvalue weighted by molar-refractivity contribution is 6.01. The molecular formula is C19H16N2O2. The fourth-order valence-electron chi connectivity index (χ4n) is 2.57.